The molecule has 1 fully saturated rings. The summed E-state index contributed by atoms with van der Waals surface area (Å²) in [5.41, 5.74) is 0. The zero-order chi connectivity index (χ0) is 17.0. The van der Waals surface area contributed by atoms with Crippen LogP contribution in [-0.2, 0) is 4.79 Å². The molecule has 0 unspecified atom stereocenters. The maximum atomic E-state index is 12.0. The van der Waals surface area contributed by atoms with Gasteiger partial charge in [0.1, 0.15) is 12.3 Å². The molecule has 1 heterocycles. The molecule has 140 valence electrons. The van der Waals surface area contributed by atoms with Crippen LogP contribution in [0.25, 0.3) is 0 Å². The van der Waals surface area contributed by atoms with Crippen molar-refractivity contribution in [3.8, 4) is 5.75 Å². The fourth-order valence-corrected chi connectivity index (χ4v) is 2.54. The molecule has 1 aliphatic heterocycles. The van der Waals surface area contributed by atoms with E-state index in [9.17, 15) is 4.79 Å². The fraction of sp³-hybridized carbons (Fsp3) is 0.556. The molecule has 1 amide bonds. The van der Waals surface area contributed by atoms with Gasteiger partial charge in [-0.15, -0.1) is 24.0 Å². The smallest absolute Gasteiger partial charge is 0.244 e. The number of carbonyl (C=O) groups is 1. The Balaban J connectivity index is 0.00000312. The highest BCUT2D eigenvalue weighted by molar-refractivity contribution is 14.0. The Bertz CT molecular complexity index is 519. The number of ether oxygens (including phenoxy) is 1. The Labute approximate surface area is 167 Å². The zero-order valence-corrected chi connectivity index (χ0v) is 17.2. The highest BCUT2D eigenvalue weighted by atomic mass is 127. The predicted octanol–water partition coefficient (Wildman–Crippen LogP) is 2.25. The van der Waals surface area contributed by atoms with Crippen molar-refractivity contribution < 1.29 is 9.53 Å². The number of rotatable bonds is 8. The first-order valence-corrected chi connectivity index (χ1v) is 8.77. The molecule has 1 aliphatic rings. The minimum Gasteiger partial charge on any atom is -0.494 e. The van der Waals surface area contributed by atoms with E-state index >= 15 is 0 Å². The van der Waals surface area contributed by atoms with Crippen molar-refractivity contribution in [2.24, 2.45) is 4.99 Å². The number of para-hydroxylation sites is 1. The molecule has 0 aliphatic carbocycles. The van der Waals surface area contributed by atoms with E-state index in [1.165, 1.54) is 0 Å². The van der Waals surface area contributed by atoms with Crippen molar-refractivity contribution in [1.29, 1.82) is 0 Å². The molecule has 2 rings (SSSR count). The van der Waals surface area contributed by atoms with E-state index in [-0.39, 0.29) is 36.4 Å². The molecule has 0 spiro atoms. The summed E-state index contributed by atoms with van der Waals surface area (Å²) in [6.07, 6.45) is 3.07. The number of guanidine groups is 1. The number of likely N-dealkylation sites (tertiary alicyclic amines) is 1. The van der Waals surface area contributed by atoms with Gasteiger partial charge < -0.3 is 20.3 Å². The molecule has 0 bridgehead atoms. The van der Waals surface area contributed by atoms with Crippen LogP contribution in [0.4, 0.5) is 0 Å². The molecular formula is C18H29IN4O2. The predicted molar refractivity (Wildman–Crippen MR) is 112 cm³/mol. The third-order valence-corrected chi connectivity index (χ3v) is 3.80. The second-order valence-corrected chi connectivity index (χ2v) is 5.72. The fourth-order valence-electron chi connectivity index (χ4n) is 2.54. The summed E-state index contributed by atoms with van der Waals surface area (Å²) in [6.45, 7) is 6.11. The van der Waals surface area contributed by atoms with Gasteiger partial charge in [0.15, 0.2) is 5.96 Å². The van der Waals surface area contributed by atoms with Gasteiger partial charge in [-0.3, -0.25) is 4.79 Å². The number of nitrogens with zero attached hydrogens (tertiary/aromatic N) is 2. The van der Waals surface area contributed by atoms with Crippen LogP contribution in [-0.4, -0.2) is 56.1 Å². The number of carbonyl (C=O) groups excluding carboxylic acids is 1. The summed E-state index contributed by atoms with van der Waals surface area (Å²) in [5.74, 6) is 1.68. The summed E-state index contributed by atoms with van der Waals surface area (Å²) in [5, 5.41) is 6.41. The average Bonchev–Trinajstić information content (AvgIpc) is 3.14. The standard InChI is InChI=1S/C18H28N4O2.HI/c1-2-19-18(21-15-17(23)22-12-6-7-13-22)20-11-8-14-24-16-9-4-3-5-10-16;/h3-5,9-10H,2,6-8,11-15H2,1H3,(H2,19,20,21);1H. The van der Waals surface area contributed by atoms with Crippen LogP contribution in [0, 0.1) is 0 Å². The third kappa shape index (κ3) is 8.42. The second kappa shape index (κ2) is 12.8. The van der Waals surface area contributed by atoms with Crippen LogP contribution in [0.15, 0.2) is 35.3 Å². The van der Waals surface area contributed by atoms with E-state index in [1.807, 2.05) is 42.2 Å². The monoisotopic (exact) mass is 460 g/mol. The summed E-state index contributed by atoms with van der Waals surface area (Å²) in [6, 6.07) is 9.78. The van der Waals surface area contributed by atoms with Crippen LogP contribution in [0.2, 0.25) is 0 Å². The lowest BCUT2D eigenvalue weighted by Crippen LogP contribution is -2.39. The first-order chi connectivity index (χ1) is 11.8. The van der Waals surface area contributed by atoms with Crippen LogP contribution in [0.3, 0.4) is 0 Å². The summed E-state index contributed by atoms with van der Waals surface area (Å²) in [7, 11) is 0. The quantitative estimate of drug-likeness (QED) is 0.271. The van der Waals surface area contributed by atoms with Crippen molar-refractivity contribution in [2.75, 3.05) is 39.3 Å². The molecule has 1 aromatic carbocycles. The number of halogens is 1. The van der Waals surface area contributed by atoms with E-state index in [0.29, 0.717) is 12.6 Å². The van der Waals surface area contributed by atoms with Crippen molar-refractivity contribution in [3.05, 3.63) is 30.3 Å². The molecule has 6 nitrogen and oxygen atoms in total. The van der Waals surface area contributed by atoms with Gasteiger partial charge in [-0.05, 0) is 38.3 Å². The first kappa shape index (κ1) is 21.5. The van der Waals surface area contributed by atoms with Gasteiger partial charge in [0.2, 0.25) is 5.91 Å². The first-order valence-electron chi connectivity index (χ1n) is 8.77. The SMILES string of the molecule is CCNC(=NCC(=O)N1CCCC1)NCCCOc1ccccc1.I. The van der Waals surface area contributed by atoms with E-state index in [4.69, 9.17) is 4.74 Å². The zero-order valence-electron chi connectivity index (χ0n) is 14.9. The molecule has 0 saturated carbocycles. The van der Waals surface area contributed by atoms with E-state index in [0.717, 1.165) is 51.2 Å². The average molecular weight is 460 g/mol. The second-order valence-electron chi connectivity index (χ2n) is 5.72. The van der Waals surface area contributed by atoms with Crippen molar-refractivity contribution >= 4 is 35.8 Å². The van der Waals surface area contributed by atoms with Crippen molar-refractivity contribution in [1.82, 2.24) is 15.5 Å². The van der Waals surface area contributed by atoms with Crippen LogP contribution in [0.5, 0.6) is 5.75 Å². The van der Waals surface area contributed by atoms with Gasteiger partial charge in [-0.2, -0.15) is 0 Å². The highest BCUT2D eigenvalue weighted by Crippen LogP contribution is 2.08. The molecule has 0 atom stereocenters. The lowest BCUT2D eigenvalue weighted by atomic mass is 10.3. The number of nitrogens with one attached hydrogen (secondary N) is 2. The molecular weight excluding hydrogens is 431 g/mol. The van der Waals surface area contributed by atoms with Gasteiger partial charge in [0.05, 0.1) is 6.61 Å². The van der Waals surface area contributed by atoms with E-state index < -0.39 is 0 Å². The van der Waals surface area contributed by atoms with Gasteiger partial charge in [-0.25, -0.2) is 4.99 Å². The summed E-state index contributed by atoms with van der Waals surface area (Å²) >= 11 is 0. The van der Waals surface area contributed by atoms with Crippen molar-refractivity contribution in [2.45, 2.75) is 26.2 Å². The Kier molecular flexibility index (Phi) is 11.0. The lowest BCUT2D eigenvalue weighted by molar-refractivity contribution is -0.128. The Morgan fingerprint density at radius 3 is 2.60 bits per heavy atom. The van der Waals surface area contributed by atoms with Gasteiger partial charge in [0, 0.05) is 26.2 Å². The van der Waals surface area contributed by atoms with E-state index in [2.05, 4.69) is 15.6 Å². The minimum absolute atomic E-state index is 0. The largest absolute Gasteiger partial charge is 0.494 e. The van der Waals surface area contributed by atoms with E-state index in [1.54, 1.807) is 0 Å². The number of hydrogen-bond acceptors (Lipinski definition) is 3. The minimum atomic E-state index is 0. The van der Waals surface area contributed by atoms with Gasteiger partial charge in [0.25, 0.3) is 0 Å². The number of amides is 1. The van der Waals surface area contributed by atoms with Crippen LogP contribution in [0.1, 0.15) is 26.2 Å². The maximum Gasteiger partial charge on any atom is 0.244 e. The lowest BCUT2D eigenvalue weighted by Gasteiger charge is -2.15. The topological polar surface area (TPSA) is 66.0 Å². The Morgan fingerprint density at radius 2 is 1.92 bits per heavy atom. The third-order valence-electron chi connectivity index (χ3n) is 3.80. The van der Waals surface area contributed by atoms with Crippen LogP contribution >= 0.6 is 24.0 Å². The van der Waals surface area contributed by atoms with Gasteiger partial charge in [-0.1, -0.05) is 18.2 Å². The normalized spacial score (nSPS) is 14.0. The van der Waals surface area contributed by atoms with Gasteiger partial charge >= 0.3 is 0 Å². The molecule has 1 aromatic rings. The number of hydrogen-bond donors (Lipinski definition) is 2. The summed E-state index contributed by atoms with van der Waals surface area (Å²) < 4.78 is 5.65. The molecule has 7 heteroatoms. The molecule has 25 heavy (non-hydrogen) atoms. The molecule has 0 radical (unpaired) electrons. The maximum absolute atomic E-state index is 12.0. The number of aliphatic imine (C=N–C) groups is 1. The molecule has 0 aromatic heterocycles. The Morgan fingerprint density at radius 1 is 1.20 bits per heavy atom. The summed E-state index contributed by atoms with van der Waals surface area (Å²) in [4.78, 5) is 18.3. The highest BCUT2D eigenvalue weighted by Gasteiger charge is 2.17. The van der Waals surface area contributed by atoms with Crippen LogP contribution < -0.4 is 15.4 Å². The number of benzene rings is 1. The van der Waals surface area contributed by atoms with Crippen molar-refractivity contribution in [3.63, 3.8) is 0 Å². The molecule has 2 N–H and O–H groups in total. The Hall–Kier alpha value is -1.51. The molecule has 1 saturated heterocycles.